The average molecular weight is 246 g/mol. The standard InChI is InChI=1S/C7H6O2.C6H6O.C2H6/c8-5-6-3-1-2-4-7(6)9;7-6-4-2-1-3-5-6;1-2/h1-5,9H;1-5,7H;1-2H3. The van der Waals surface area contributed by atoms with Gasteiger partial charge in [-0.05, 0) is 24.3 Å². The predicted octanol–water partition coefficient (Wildman–Crippen LogP) is 3.62. The van der Waals surface area contributed by atoms with Crippen molar-refractivity contribution in [3.05, 3.63) is 60.2 Å². The van der Waals surface area contributed by atoms with Crippen LogP contribution in [0.25, 0.3) is 0 Å². The second-order valence-corrected chi connectivity index (χ2v) is 3.01. The molecule has 0 saturated carbocycles. The van der Waals surface area contributed by atoms with E-state index in [0.717, 1.165) is 0 Å². The van der Waals surface area contributed by atoms with Gasteiger partial charge in [-0.15, -0.1) is 0 Å². The van der Waals surface area contributed by atoms with E-state index in [0.29, 0.717) is 17.6 Å². The van der Waals surface area contributed by atoms with Gasteiger partial charge in [0.25, 0.3) is 0 Å². The van der Waals surface area contributed by atoms with Gasteiger partial charge in [-0.2, -0.15) is 0 Å². The Morgan fingerprint density at radius 3 is 1.67 bits per heavy atom. The van der Waals surface area contributed by atoms with E-state index in [2.05, 4.69) is 0 Å². The fourth-order valence-electron chi connectivity index (χ4n) is 1.02. The number of phenolic OH excluding ortho intramolecular Hbond substituents is 2. The van der Waals surface area contributed by atoms with Crippen LogP contribution in [-0.4, -0.2) is 16.5 Å². The Bertz CT molecular complexity index is 439. The Morgan fingerprint density at radius 1 is 0.833 bits per heavy atom. The van der Waals surface area contributed by atoms with E-state index in [4.69, 9.17) is 10.2 Å². The van der Waals surface area contributed by atoms with Crippen molar-refractivity contribution in [3.8, 4) is 11.5 Å². The van der Waals surface area contributed by atoms with E-state index in [1.54, 1.807) is 42.5 Å². The molecule has 0 fully saturated rings. The van der Waals surface area contributed by atoms with Crippen LogP contribution in [0.15, 0.2) is 54.6 Å². The maximum Gasteiger partial charge on any atom is 0.153 e. The van der Waals surface area contributed by atoms with Gasteiger partial charge in [0.05, 0.1) is 5.56 Å². The number of hydrogen-bond acceptors (Lipinski definition) is 3. The molecule has 0 heterocycles. The molecule has 2 N–H and O–H groups in total. The van der Waals surface area contributed by atoms with Crippen molar-refractivity contribution in [2.75, 3.05) is 0 Å². The molecule has 0 aliphatic rings. The number of carbonyl (C=O) groups excluding carboxylic acids is 1. The molecule has 0 aliphatic carbocycles. The van der Waals surface area contributed by atoms with Gasteiger partial charge in [-0.1, -0.05) is 44.2 Å². The first-order valence-corrected chi connectivity index (χ1v) is 5.71. The van der Waals surface area contributed by atoms with Crippen LogP contribution in [0.2, 0.25) is 0 Å². The monoisotopic (exact) mass is 246 g/mol. The molecule has 2 aromatic rings. The molecule has 0 atom stereocenters. The summed E-state index contributed by atoms with van der Waals surface area (Å²) < 4.78 is 0. The number of hydrogen-bond donors (Lipinski definition) is 2. The number of aromatic hydroxyl groups is 2. The predicted molar refractivity (Wildman–Crippen MR) is 72.9 cm³/mol. The van der Waals surface area contributed by atoms with Gasteiger partial charge in [0, 0.05) is 0 Å². The summed E-state index contributed by atoms with van der Waals surface area (Å²) in [7, 11) is 0. The lowest BCUT2D eigenvalue weighted by Gasteiger charge is -1.91. The van der Waals surface area contributed by atoms with E-state index >= 15 is 0 Å². The summed E-state index contributed by atoms with van der Waals surface area (Å²) in [6, 6.07) is 15.1. The summed E-state index contributed by atoms with van der Waals surface area (Å²) in [5, 5.41) is 17.5. The number of aldehydes is 1. The summed E-state index contributed by atoms with van der Waals surface area (Å²) in [5.41, 5.74) is 0.331. The highest BCUT2D eigenvalue weighted by atomic mass is 16.3. The molecule has 3 nitrogen and oxygen atoms in total. The third kappa shape index (κ3) is 6.33. The lowest BCUT2D eigenvalue weighted by molar-refractivity contribution is 0.112. The molecule has 2 aromatic carbocycles. The minimum absolute atomic E-state index is 0.0347. The third-order valence-corrected chi connectivity index (χ3v) is 1.82. The van der Waals surface area contributed by atoms with Crippen LogP contribution >= 0.6 is 0 Å². The van der Waals surface area contributed by atoms with Gasteiger partial charge in [0.1, 0.15) is 11.5 Å². The molecular formula is C15H18O3. The SMILES string of the molecule is CC.O=Cc1ccccc1O.Oc1ccccc1. The second-order valence-electron chi connectivity index (χ2n) is 3.01. The highest BCUT2D eigenvalue weighted by Crippen LogP contribution is 2.11. The van der Waals surface area contributed by atoms with Crippen LogP contribution in [0.4, 0.5) is 0 Å². The zero-order chi connectivity index (χ0) is 13.8. The molecular weight excluding hydrogens is 228 g/mol. The molecule has 96 valence electrons. The summed E-state index contributed by atoms with van der Waals surface area (Å²) in [6.07, 6.45) is 0.620. The van der Waals surface area contributed by atoms with Crippen molar-refractivity contribution >= 4 is 6.29 Å². The van der Waals surface area contributed by atoms with Gasteiger partial charge < -0.3 is 10.2 Å². The Hall–Kier alpha value is -2.29. The van der Waals surface area contributed by atoms with Crippen LogP contribution in [0.3, 0.4) is 0 Å². The zero-order valence-corrected chi connectivity index (χ0v) is 10.6. The zero-order valence-electron chi connectivity index (χ0n) is 10.6. The van der Waals surface area contributed by atoms with Crippen LogP contribution in [0.1, 0.15) is 24.2 Å². The lowest BCUT2D eigenvalue weighted by atomic mass is 10.2. The highest BCUT2D eigenvalue weighted by Gasteiger charge is 1.93. The van der Waals surface area contributed by atoms with Gasteiger partial charge in [-0.25, -0.2) is 0 Å². The van der Waals surface area contributed by atoms with Crippen LogP contribution in [0.5, 0.6) is 11.5 Å². The molecule has 0 unspecified atom stereocenters. The van der Waals surface area contributed by atoms with Crippen molar-refractivity contribution in [3.63, 3.8) is 0 Å². The third-order valence-electron chi connectivity index (χ3n) is 1.82. The fourth-order valence-corrected chi connectivity index (χ4v) is 1.02. The Balaban J connectivity index is 0.000000289. The maximum absolute atomic E-state index is 10.1. The van der Waals surface area contributed by atoms with Crippen molar-refractivity contribution in [2.45, 2.75) is 13.8 Å². The molecule has 0 saturated heterocycles. The summed E-state index contributed by atoms with van der Waals surface area (Å²) in [4.78, 5) is 10.1. The van der Waals surface area contributed by atoms with E-state index in [9.17, 15) is 4.79 Å². The first-order valence-electron chi connectivity index (χ1n) is 5.71. The molecule has 0 radical (unpaired) electrons. The van der Waals surface area contributed by atoms with Gasteiger partial charge in [0.2, 0.25) is 0 Å². The molecule has 0 spiro atoms. The minimum Gasteiger partial charge on any atom is -0.508 e. The van der Waals surface area contributed by atoms with Crippen molar-refractivity contribution in [1.29, 1.82) is 0 Å². The van der Waals surface area contributed by atoms with Crippen LogP contribution in [0, 0.1) is 0 Å². The average Bonchev–Trinajstić information content (AvgIpc) is 2.43. The largest absolute Gasteiger partial charge is 0.508 e. The van der Waals surface area contributed by atoms with Crippen molar-refractivity contribution in [2.24, 2.45) is 0 Å². The number of carbonyl (C=O) groups is 1. The summed E-state index contributed by atoms with van der Waals surface area (Å²) >= 11 is 0. The topological polar surface area (TPSA) is 57.5 Å². The van der Waals surface area contributed by atoms with Gasteiger partial charge >= 0.3 is 0 Å². The molecule has 0 aliphatic heterocycles. The Kier molecular flexibility index (Phi) is 8.64. The Labute approximate surface area is 107 Å². The maximum atomic E-state index is 10.1. The van der Waals surface area contributed by atoms with Crippen molar-refractivity contribution in [1.82, 2.24) is 0 Å². The molecule has 2 rings (SSSR count). The second kappa shape index (κ2) is 9.90. The number of phenols is 2. The smallest absolute Gasteiger partial charge is 0.153 e. The van der Waals surface area contributed by atoms with E-state index in [-0.39, 0.29) is 5.75 Å². The molecule has 0 bridgehead atoms. The summed E-state index contributed by atoms with van der Waals surface area (Å²) in [6.45, 7) is 4.00. The van der Waals surface area contributed by atoms with Gasteiger partial charge in [0.15, 0.2) is 6.29 Å². The molecule has 18 heavy (non-hydrogen) atoms. The fraction of sp³-hybridized carbons (Fsp3) is 0.133. The quantitative estimate of drug-likeness (QED) is 0.755. The van der Waals surface area contributed by atoms with Crippen molar-refractivity contribution < 1.29 is 15.0 Å². The van der Waals surface area contributed by atoms with E-state index in [1.165, 1.54) is 6.07 Å². The van der Waals surface area contributed by atoms with Crippen LogP contribution in [-0.2, 0) is 0 Å². The lowest BCUT2D eigenvalue weighted by Crippen LogP contribution is -1.77. The number of benzene rings is 2. The minimum atomic E-state index is 0.0347. The normalized spacial score (nSPS) is 8.11. The number of rotatable bonds is 1. The first kappa shape index (κ1) is 15.7. The van der Waals surface area contributed by atoms with E-state index in [1.807, 2.05) is 19.9 Å². The summed E-state index contributed by atoms with van der Waals surface area (Å²) in [5.74, 6) is 0.356. The van der Waals surface area contributed by atoms with E-state index < -0.39 is 0 Å². The molecule has 0 amide bonds. The molecule has 0 aromatic heterocycles. The van der Waals surface area contributed by atoms with Crippen LogP contribution < -0.4 is 0 Å². The highest BCUT2D eigenvalue weighted by molar-refractivity contribution is 5.78. The number of para-hydroxylation sites is 2. The Morgan fingerprint density at radius 2 is 1.33 bits per heavy atom. The first-order chi connectivity index (χ1) is 8.74. The van der Waals surface area contributed by atoms with Gasteiger partial charge in [-0.3, -0.25) is 4.79 Å². The molecule has 3 heteroatoms.